The molecule has 0 saturated heterocycles. The quantitative estimate of drug-likeness (QED) is 0.713. The third-order valence-corrected chi connectivity index (χ3v) is 1.79. The Morgan fingerprint density at radius 3 is 3.08 bits per heavy atom. The van der Waals surface area contributed by atoms with Crippen molar-refractivity contribution < 1.29 is 4.52 Å². The van der Waals surface area contributed by atoms with Gasteiger partial charge in [0.05, 0.1) is 0 Å². The Kier molecular flexibility index (Phi) is 2.72. The smallest absolute Gasteiger partial charge is 0.236 e. The Hall–Kier alpha value is -1.47. The van der Waals surface area contributed by atoms with Crippen molar-refractivity contribution in [2.75, 3.05) is 0 Å². The van der Waals surface area contributed by atoms with Gasteiger partial charge in [0.25, 0.3) is 0 Å². The van der Waals surface area contributed by atoms with Crippen molar-refractivity contribution in [3.05, 3.63) is 36.1 Å². The standard InChI is InChI=1S/C8H6N2OS/c1-3-12-6(2)8-4-7(5-9)11-10-8/h3-4H,1-2H2. The van der Waals surface area contributed by atoms with Crippen molar-refractivity contribution in [3.8, 4) is 6.07 Å². The minimum absolute atomic E-state index is 0.191. The third kappa shape index (κ3) is 1.77. The molecule has 1 aromatic rings. The molecule has 0 unspecified atom stereocenters. The summed E-state index contributed by atoms with van der Waals surface area (Å²) in [6.45, 7) is 7.25. The van der Waals surface area contributed by atoms with Crippen molar-refractivity contribution in [3.63, 3.8) is 0 Å². The van der Waals surface area contributed by atoms with E-state index in [1.54, 1.807) is 11.5 Å². The highest BCUT2D eigenvalue weighted by molar-refractivity contribution is 8.10. The average Bonchev–Trinajstić information content (AvgIpc) is 2.52. The second-order valence-electron chi connectivity index (χ2n) is 1.90. The fourth-order valence-corrected chi connectivity index (χ4v) is 1.04. The average molecular weight is 178 g/mol. The van der Waals surface area contributed by atoms with Crippen LogP contribution in [0.4, 0.5) is 0 Å². The molecule has 0 N–H and O–H groups in total. The number of aromatic nitrogens is 1. The predicted octanol–water partition coefficient (Wildman–Crippen LogP) is 2.39. The minimum Gasteiger partial charge on any atom is -0.345 e. The summed E-state index contributed by atoms with van der Waals surface area (Å²) < 4.78 is 4.66. The highest BCUT2D eigenvalue weighted by atomic mass is 32.2. The zero-order valence-corrected chi connectivity index (χ0v) is 7.10. The number of nitriles is 1. The number of hydrogen-bond acceptors (Lipinski definition) is 4. The van der Waals surface area contributed by atoms with Crippen LogP contribution in [-0.4, -0.2) is 5.16 Å². The van der Waals surface area contributed by atoms with Crippen molar-refractivity contribution in [2.24, 2.45) is 0 Å². The molecule has 0 amide bonds. The van der Waals surface area contributed by atoms with Crippen molar-refractivity contribution in [1.82, 2.24) is 5.16 Å². The Morgan fingerprint density at radius 1 is 1.83 bits per heavy atom. The van der Waals surface area contributed by atoms with Crippen LogP contribution in [0.2, 0.25) is 0 Å². The lowest BCUT2D eigenvalue weighted by molar-refractivity contribution is 0.408. The molecule has 0 aliphatic rings. The van der Waals surface area contributed by atoms with Crippen LogP contribution in [0.5, 0.6) is 0 Å². The van der Waals surface area contributed by atoms with Crippen LogP contribution in [0.1, 0.15) is 11.5 Å². The maximum Gasteiger partial charge on any atom is 0.236 e. The van der Waals surface area contributed by atoms with Crippen LogP contribution in [0.15, 0.2) is 29.2 Å². The molecule has 3 nitrogen and oxygen atoms in total. The van der Waals surface area contributed by atoms with Gasteiger partial charge in [-0.3, -0.25) is 0 Å². The van der Waals surface area contributed by atoms with E-state index in [-0.39, 0.29) is 5.76 Å². The molecular weight excluding hydrogens is 172 g/mol. The zero-order valence-electron chi connectivity index (χ0n) is 6.28. The van der Waals surface area contributed by atoms with Crippen LogP contribution < -0.4 is 0 Å². The van der Waals surface area contributed by atoms with Gasteiger partial charge in [-0.15, -0.1) is 0 Å². The summed E-state index contributed by atoms with van der Waals surface area (Å²) in [5, 5.41) is 13.7. The number of hydrogen-bond donors (Lipinski definition) is 0. The van der Waals surface area contributed by atoms with E-state index < -0.39 is 0 Å². The van der Waals surface area contributed by atoms with Gasteiger partial charge in [-0.2, -0.15) is 5.26 Å². The zero-order chi connectivity index (χ0) is 8.97. The van der Waals surface area contributed by atoms with Gasteiger partial charge in [-0.25, -0.2) is 0 Å². The fourth-order valence-electron chi connectivity index (χ4n) is 0.620. The summed E-state index contributed by atoms with van der Waals surface area (Å²) >= 11 is 1.35. The summed E-state index contributed by atoms with van der Waals surface area (Å²) in [5.41, 5.74) is 0.580. The molecule has 0 fully saturated rings. The number of thioether (sulfide) groups is 1. The summed E-state index contributed by atoms with van der Waals surface area (Å²) in [6, 6.07) is 3.38. The number of rotatable bonds is 3. The van der Waals surface area contributed by atoms with Gasteiger partial charge in [0.1, 0.15) is 11.8 Å². The second kappa shape index (κ2) is 3.79. The van der Waals surface area contributed by atoms with Gasteiger partial charge in [-0.05, 0) is 5.41 Å². The summed E-state index contributed by atoms with van der Waals surface area (Å²) in [5.74, 6) is 0.191. The molecule has 1 aromatic heterocycles. The molecule has 0 spiro atoms. The van der Waals surface area contributed by atoms with Gasteiger partial charge in [0.15, 0.2) is 0 Å². The first-order valence-corrected chi connectivity index (χ1v) is 3.99. The molecule has 0 aliphatic carbocycles. The molecule has 1 heterocycles. The summed E-state index contributed by atoms with van der Waals surface area (Å²) in [6.07, 6.45) is 0. The van der Waals surface area contributed by atoms with E-state index in [2.05, 4.69) is 22.8 Å². The largest absolute Gasteiger partial charge is 0.345 e. The van der Waals surface area contributed by atoms with E-state index in [1.165, 1.54) is 11.8 Å². The van der Waals surface area contributed by atoms with Crippen molar-refractivity contribution >= 4 is 16.7 Å². The van der Waals surface area contributed by atoms with Crippen LogP contribution in [-0.2, 0) is 0 Å². The Morgan fingerprint density at radius 2 is 2.58 bits per heavy atom. The fraction of sp³-hybridized carbons (Fsp3) is 0. The summed E-state index contributed by atoms with van der Waals surface area (Å²) in [7, 11) is 0. The van der Waals surface area contributed by atoms with Gasteiger partial charge < -0.3 is 4.52 Å². The minimum atomic E-state index is 0.191. The van der Waals surface area contributed by atoms with Gasteiger partial charge in [-0.1, -0.05) is 30.1 Å². The Labute approximate surface area is 74.4 Å². The SMILES string of the molecule is C=CSC(=C)c1cc(C#N)on1. The molecule has 0 atom stereocenters. The van der Waals surface area contributed by atoms with Gasteiger partial charge in [0.2, 0.25) is 5.76 Å². The molecule has 0 bridgehead atoms. The number of nitrogens with zero attached hydrogens (tertiary/aromatic N) is 2. The van der Waals surface area contributed by atoms with E-state index in [0.717, 1.165) is 4.91 Å². The van der Waals surface area contributed by atoms with Crippen LogP contribution >= 0.6 is 11.8 Å². The molecule has 1 rings (SSSR count). The van der Waals surface area contributed by atoms with E-state index in [0.29, 0.717) is 5.69 Å². The molecule has 0 radical (unpaired) electrons. The molecular formula is C8H6N2OS. The van der Waals surface area contributed by atoms with Crippen molar-refractivity contribution in [2.45, 2.75) is 0 Å². The van der Waals surface area contributed by atoms with Crippen molar-refractivity contribution in [1.29, 1.82) is 5.26 Å². The highest BCUT2D eigenvalue weighted by Crippen LogP contribution is 2.24. The van der Waals surface area contributed by atoms with E-state index in [9.17, 15) is 0 Å². The lowest BCUT2D eigenvalue weighted by Gasteiger charge is -1.91. The second-order valence-corrected chi connectivity index (χ2v) is 2.96. The Balaban J connectivity index is 2.83. The molecule has 0 aromatic carbocycles. The first-order valence-electron chi connectivity index (χ1n) is 3.11. The predicted molar refractivity (Wildman–Crippen MR) is 48.0 cm³/mol. The lowest BCUT2D eigenvalue weighted by atomic mass is 10.4. The Bertz CT molecular complexity index is 348. The third-order valence-electron chi connectivity index (χ3n) is 1.13. The molecule has 0 aliphatic heterocycles. The van der Waals surface area contributed by atoms with E-state index >= 15 is 0 Å². The highest BCUT2D eigenvalue weighted by Gasteiger charge is 2.05. The first-order chi connectivity index (χ1) is 5.77. The first kappa shape index (κ1) is 8.62. The molecule has 4 heteroatoms. The van der Waals surface area contributed by atoms with Gasteiger partial charge in [0, 0.05) is 11.0 Å². The lowest BCUT2D eigenvalue weighted by Crippen LogP contribution is -1.73. The molecule has 0 saturated carbocycles. The molecule has 12 heavy (non-hydrogen) atoms. The van der Waals surface area contributed by atoms with Crippen LogP contribution in [0.3, 0.4) is 0 Å². The monoisotopic (exact) mass is 178 g/mol. The van der Waals surface area contributed by atoms with E-state index in [4.69, 9.17) is 5.26 Å². The topological polar surface area (TPSA) is 49.8 Å². The maximum absolute atomic E-state index is 8.42. The van der Waals surface area contributed by atoms with E-state index in [1.807, 2.05) is 6.07 Å². The maximum atomic E-state index is 8.42. The normalized spacial score (nSPS) is 8.92. The molecule has 60 valence electrons. The summed E-state index contributed by atoms with van der Waals surface area (Å²) in [4.78, 5) is 0.718. The van der Waals surface area contributed by atoms with Gasteiger partial charge >= 0.3 is 0 Å². The van der Waals surface area contributed by atoms with Crippen LogP contribution in [0, 0.1) is 11.3 Å². The van der Waals surface area contributed by atoms with Crippen LogP contribution in [0.25, 0.3) is 4.91 Å².